The minimum absolute atomic E-state index is 0.0262. The van der Waals surface area contributed by atoms with E-state index in [1.165, 1.54) is 6.92 Å². The third-order valence-electron chi connectivity index (χ3n) is 4.32. The van der Waals surface area contributed by atoms with Gasteiger partial charge in [-0.3, -0.25) is 9.59 Å². The van der Waals surface area contributed by atoms with E-state index in [0.717, 1.165) is 30.9 Å². The van der Waals surface area contributed by atoms with Crippen molar-refractivity contribution in [2.45, 2.75) is 20.3 Å². The highest BCUT2D eigenvalue weighted by Gasteiger charge is 2.24. The van der Waals surface area contributed by atoms with E-state index in [9.17, 15) is 9.59 Å². The van der Waals surface area contributed by atoms with Crippen molar-refractivity contribution < 1.29 is 14.3 Å². The van der Waals surface area contributed by atoms with Gasteiger partial charge in [0.15, 0.2) is 0 Å². The zero-order chi connectivity index (χ0) is 17.5. The van der Waals surface area contributed by atoms with Crippen molar-refractivity contribution in [3.63, 3.8) is 0 Å². The molecule has 0 aliphatic carbocycles. The average Bonchev–Trinajstić information content (AvgIpc) is 2.61. The van der Waals surface area contributed by atoms with Crippen molar-refractivity contribution in [2.24, 2.45) is 0 Å². The standard InChI is InChI=1S/C18H27N3O3/c1-4-9-21(15(2)22)14-18(23)20-12-10-19(11-13-20)16-7-5-6-8-17(16)24-3/h5-8H,4,9-14H2,1-3H3. The minimum atomic E-state index is -0.0437. The Bertz CT molecular complexity index is 568. The third kappa shape index (κ3) is 4.40. The number of hydrogen-bond donors (Lipinski definition) is 0. The number of para-hydroxylation sites is 2. The van der Waals surface area contributed by atoms with Gasteiger partial charge < -0.3 is 19.4 Å². The maximum absolute atomic E-state index is 12.4. The molecule has 0 N–H and O–H groups in total. The molecule has 24 heavy (non-hydrogen) atoms. The first-order valence-electron chi connectivity index (χ1n) is 8.48. The molecule has 1 aromatic carbocycles. The van der Waals surface area contributed by atoms with Gasteiger partial charge in [-0.25, -0.2) is 0 Å². The number of rotatable bonds is 6. The van der Waals surface area contributed by atoms with E-state index in [2.05, 4.69) is 4.90 Å². The van der Waals surface area contributed by atoms with E-state index in [0.29, 0.717) is 19.6 Å². The molecule has 0 radical (unpaired) electrons. The summed E-state index contributed by atoms with van der Waals surface area (Å²) in [6, 6.07) is 7.93. The molecule has 1 fully saturated rings. The predicted octanol–water partition coefficient (Wildman–Crippen LogP) is 1.60. The van der Waals surface area contributed by atoms with Crippen molar-refractivity contribution in [1.82, 2.24) is 9.80 Å². The molecule has 1 aliphatic heterocycles. The smallest absolute Gasteiger partial charge is 0.242 e. The van der Waals surface area contributed by atoms with E-state index >= 15 is 0 Å². The monoisotopic (exact) mass is 333 g/mol. The first-order chi connectivity index (χ1) is 11.6. The zero-order valence-electron chi connectivity index (χ0n) is 14.8. The fraction of sp³-hybridized carbons (Fsp3) is 0.556. The second-order valence-electron chi connectivity index (χ2n) is 5.98. The molecule has 2 rings (SSSR count). The highest BCUT2D eigenvalue weighted by Crippen LogP contribution is 2.28. The van der Waals surface area contributed by atoms with E-state index in [4.69, 9.17) is 4.74 Å². The lowest BCUT2D eigenvalue weighted by Crippen LogP contribution is -2.51. The SMILES string of the molecule is CCCN(CC(=O)N1CCN(c2ccccc2OC)CC1)C(C)=O. The number of carbonyl (C=O) groups excluding carboxylic acids is 2. The van der Waals surface area contributed by atoms with Crippen LogP contribution in [-0.2, 0) is 9.59 Å². The maximum Gasteiger partial charge on any atom is 0.242 e. The summed E-state index contributed by atoms with van der Waals surface area (Å²) in [4.78, 5) is 29.7. The number of ether oxygens (including phenoxy) is 1. The van der Waals surface area contributed by atoms with Gasteiger partial charge in [0, 0.05) is 39.6 Å². The van der Waals surface area contributed by atoms with Crippen LogP contribution in [0.5, 0.6) is 5.75 Å². The molecule has 2 amide bonds. The molecule has 1 aromatic rings. The van der Waals surface area contributed by atoms with Gasteiger partial charge in [-0.05, 0) is 18.6 Å². The normalized spacial score (nSPS) is 14.5. The third-order valence-corrected chi connectivity index (χ3v) is 4.32. The quantitative estimate of drug-likeness (QED) is 0.793. The van der Waals surface area contributed by atoms with E-state index in [-0.39, 0.29) is 18.4 Å². The molecule has 1 saturated heterocycles. The van der Waals surface area contributed by atoms with Crippen molar-refractivity contribution in [1.29, 1.82) is 0 Å². The van der Waals surface area contributed by atoms with Crippen molar-refractivity contribution in [2.75, 3.05) is 51.3 Å². The molecule has 132 valence electrons. The number of piperazine rings is 1. The predicted molar refractivity (Wildman–Crippen MR) is 94.3 cm³/mol. The van der Waals surface area contributed by atoms with Crippen molar-refractivity contribution >= 4 is 17.5 Å². The van der Waals surface area contributed by atoms with Crippen molar-refractivity contribution in [3.8, 4) is 5.75 Å². The molecule has 0 aromatic heterocycles. The van der Waals surface area contributed by atoms with Gasteiger partial charge in [0.05, 0.1) is 19.3 Å². The van der Waals surface area contributed by atoms with E-state index < -0.39 is 0 Å². The lowest BCUT2D eigenvalue weighted by molar-refractivity contribution is -0.139. The van der Waals surface area contributed by atoms with Crippen LogP contribution in [0.1, 0.15) is 20.3 Å². The molecule has 1 aliphatic rings. The van der Waals surface area contributed by atoms with Crippen LogP contribution < -0.4 is 9.64 Å². The fourth-order valence-electron chi connectivity index (χ4n) is 2.97. The largest absolute Gasteiger partial charge is 0.495 e. The number of amides is 2. The van der Waals surface area contributed by atoms with Crippen LogP contribution in [0.4, 0.5) is 5.69 Å². The van der Waals surface area contributed by atoms with Crippen molar-refractivity contribution in [3.05, 3.63) is 24.3 Å². The van der Waals surface area contributed by atoms with Crippen LogP contribution in [0.3, 0.4) is 0 Å². The first kappa shape index (κ1) is 18.1. The van der Waals surface area contributed by atoms with Gasteiger partial charge >= 0.3 is 0 Å². The summed E-state index contributed by atoms with van der Waals surface area (Å²) in [6.07, 6.45) is 0.856. The Labute approximate surface area is 144 Å². The minimum Gasteiger partial charge on any atom is -0.495 e. The molecular weight excluding hydrogens is 306 g/mol. The molecule has 0 atom stereocenters. The lowest BCUT2D eigenvalue weighted by atomic mass is 10.2. The van der Waals surface area contributed by atoms with Crippen LogP contribution in [-0.4, -0.2) is 68.0 Å². The highest BCUT2D eigenvalue weighted by atomic mass is 16.5. The Morgan fingerprint density at radius 2 is 1.83 bits per heavy atom. The van der Waals surface area contributed by atoms with Gasteiger partial charge in [0.2, 0.25) is 11.8 Å². The van der Waals surface area contributed by atoms with Crippen LogP contribution in [0.25, 0.3) is 0 Å². The number of nitrogens with zero attached hydrogens (tertiary/aromatic N) is 3. The summed E-state index contributed by atoms with van der Waals surface area (Å²) in [7, 11) is 1.67. The van der Waals surface area contributed by atoms with Crippen LogP contribution in [0.15, 0.2) is 24.3 Å². The van der Waals surface area contributed by atoms with Crippen LogP contribution in [0.2, 0.25) is 0 Å². The maximum atomic E-state index is 12.4. The highest BCUT2D eigenvalue weighted by molar-refractivity contribution is 5.84. The Kier molecular flexibility index (Phi) is 6.46. The number of carbonyl (C=O) groups is 2. The Balaban J connectivity index is 1.92. The fourth-order valence-corrected chi connectivity index (χ4v) is 2.97. The summed E-state index contributed by atoms with van der Waals surface area (Å²) >= 11 is 0. The molecule has 6 heteroatoms. The Morgan fingerprint density at radius 3 is 2.42 bits per heavy atom. The van der Waals surface area contributed by atoms with Crippen LogP contribution >= 0.6 is 0 Å². The van der Waals surface area contributed by atoms with Crippen LogP contribution in [0, 0.1) is 0 Å². The summed E-state index contributed by atoms with van der Waals surface area (Å²) < 4.78 is 5.41. The molecular formula is C18H27N3O3. The van der Waals surface area contributed by atoms with Gasteiger partial charge in [-0.15, -0.1) is 0 Å². The topological polar surface area (TPSA) is 53.1 Å². The molecule has 0 spiro atoms. The lowest BCUT2D eigenvalue weighted by Gasteiger charge is -2.37. The molecule has 6 nitrogen and oxygen atoms in total. The molecule has 1 heterocycles. The van der Waals surface area contributed by atoms with Gasteiger partial charge in [0.1, 0.15) is 5.75 Å². The molecule has 0 bridgehead atoms. The van der Waals surface area contributed by atoms with E-state index in [1.807, 2.05) is 36.1 Å². The first-order valence-corrected chi connectivity index (χ1v) is 8.48. The average molecular weight is 333 g/mol. The zero-order valence-corrected chi connectivity index (χ0v) is 14.8. The van der Waals surface area contributed by atoms with Gasteiger partial charge in [0.25, 0.3) is 0 Å². The van der Waals surface area contributed by atoms with Gasteiger partial charge in [-0.1, -0.05) is 19.1 Å². The van der Waals surface area contributed by atoms with E-state index in [1.54, 1.807) is 12.0 Å². The summed E-state index contributed by atoms with van der Waals surface area (Å²) in [5, 5.41) is 0. The summed E-state index contributed by atoms with van der Waals surface area (Å²) in [6.45, 7) is 7.18. The number of methoxy groups -OCH3 is 1. The summed E-state index contributed by atoms with van der Waals surface area (Å²) in [5.74, 6) is 0.833. The van der Waals surface area contributed by atoms with Gasteiger partial charge in [-0.2, -0.15) is 0 Å². The number of anilines is 1. The molecule has 0 saturated carbocycles. The second kappa shape index (κ2) is 8.57. The molecule has 0 unspecified atom stereocenters. The Hall–Kier alpha value is -2.24. The summed E-state index contributed by atoms with van der Waals surface area (Å²) in [5.41, 5.74) is 1.06. The second-order valence-corrected chi connectivity index (χ2v) is 5.98. The number of benzene rings is 1. The number of hydrogen-bond acceptors (Lipinski definition) is 4. The Morgan fingerprint density at radius 1 is 1.17 bits per heavy atom.